The Morgan fingerprint density at radius 3 is 2.79 bits per heavy atom. The van der Waals surface area contributed by atoms with Crippen molar-refractivity contribution in [1.29, 1.82) is 0 Å². The highest BCUT2D eigenvalue weighted by molar-refractivity contribution is 5.93. The van der Waals surface area contributed by atoms with Crippen molar-refractivity contribution in [3.63, 3.8) is 0 Å². The third-order valence-corrected chi connectivity index (χ3v) is 1.76. The molecule has 76 valence electrons. The summed E-state index contributed by atoms with van der Waals surface area (Å²) in [4.78, 5) is 16.1. The van der Waals surface area contributed by atoms with E-state index in [4.69, 9.17) is 11.7 Å². The second-order valence-corrected chi connectivity index (χ2v) is 2.74. The van der Waals surface area contributed by atoms with Crippen LogP contribution in [-0.4, -0.2) is 41.7 Å². The van der Waals surface area contributed by atoms with Crippen LogP contribution >= 0.6 is 0 Å². The SMILES string of the molecule is [C-]#[N+]C[C@@H](C)N(CC)C(=O)C#CCO. The minimum absolute atomic E-state index is 0.127. The molecule has 0 aromatic carbocycles. The summed E-state index contributed by atoms with van der Waals surface area (Å²) >= 11 is 0. The van der Waals surface area contributed by atoms with E-state index in [1.165, 1.54) is 4.90 Å². The van der Waals surface area contributed by atoms with Crippen LogP contribution in [0.5, 0.6) is 0 Å². The molecule has 0 aliphatic heterocycles. The third kappa shape index (κ3) is 3.93. The van der Waals surface area contributed by atoms with Crippen LogP contribution in [0.2, 0.25) is 0 Å². The largest absolute Gasteiger partial charge is 0.384 e. The van der Waals surface area contributed by atoms with Crippen molar-refractivity contribution in [2.45, 2.75) is 19.9 Å². The van der Waals surface area contributed by atoms with Gasteiger partial charge in [-0.05, 0) is 19.8 Å². The molecule has 1 amide bonds. The van der Waals surface area contributed by atoms with Gasteiger partial charge in [0.25, 0.3) is 5.91 Å². The van der Waals surface area contributed by atoms with Crippen molar-refractivity contribution in [1.82, 2.24) is 4.90 Å². The van der Waals surface area contributed by atoms with Crippen LogP contribution in [0.15, 0.2) is 0 Å². The standard InChI is InChI=1S/C10H14N2O2/c1-4-12(9(2)8-11-3)10(14)6-5-7-13/h9,13H,4,7-8H2,1-2H3/t9-/m1/s1. The Labute approximate surface area is 84.3 Å². The lowest BCUT2D eigenvalue weighted by Crippen LogP contribution is -2.39. The van der Waals surface area contributed by atoms with E-state index in [0.29, 0.717) is 6.54 Å². The molecule has 0 bridgehead atoms. The van der Waals surface area contributed by atoms with Gasteiger partial charge in [0.15, 0.2) is 0 Å². The first kappa shape index (κ1) is 12.5. The molecule has 1 N–H and O–H groups in total. The highest BCUT2D eigenvalue weighted by atomic mass is 16.2. The minimum Gasteiger partial charge on any atom is -0.384 e. The van der Waals surface area contributed by atoms with Gasteiger partial charge in [0.2, 0.25) is 6.54 Å². The Morgan fingerprint density at radius 2 is 2.36 bits per heavy atom. The van der Waals surface area contributed by atoms with Gasteiger partial charge in [-0.25, -0.2) is 6.57 Å². The summed E-state index contributed by atoms with van der Waals surface area (Å²) in [6.45, 7) is 10.8. The number of rotatable bonds is 3. The summed E-state index contributed by atoms with van der Waals surface area (Å²) in [5.74, 6) is 4.27. The second kappa shape index (κ2) is 6.94. The Bertz CT molecular complexity index is 283. The normalized spacial score (nSPS) is 10.7. The third-order valence-electron chi connectivity index (χ3n) is 1.76. The molecule has 0 aromatic rings. The molecule has 0 aliphatic carbocycles. The van der Waals surface area contributed by atoms with Crippen LogP contribution in [0.4, 0.5) is 0 Å². The monoisotopic (exact) mass is 194 g/mol. The molecule has 14 heavy (non-hydrogen) atoms. The van der Waals surface area contributed by atoms with Crippen molar-refractivity contribution in [3.8, 4) is 11.8 Å². The Morgan fingerprint density at radius 1 is 1.71 bits per heavy atom. The molecule has 0 rings (SSSR count). The molecule has 0 aromatic heterocycles. The number of nitrogens with zero attached hydrogens (tertiary/aromatic N) is 2. The van der Waals surface area contributed by atoms with Crippen LogP contribution < -0.4 is 0 Å². The van der Waals surface area contributed by atoms with Gasteiger partial charge in [-0.15, -0.1) is 0 Å². The molecule has 0 radical (unpaired) electrons. The molecule has 0 aliphatic rings. The number of aliphatic hydroxyl groups excluding tert-OH is 1. The van der Waals surface area contributed by atoms with Crippen molar-refractivity contribution < 1.29 is 9.90 Å². The number of amides is 1. The van der Waals surface area contributed by atoms with Crippen LogP contribution in [0.1, 0.15) is 13.8 Å². The molecule has 1 atom stereocenters. The molecule has 0 spiro atoms. The first-order chi connectivity index (χ1) is 6.67. The molecule has 0 saturated carbocycles. The van der Waals surface area contributed by atoms with E-state index in [2.05, 4.69) is 16.7 Å². The van der Waals surface area contributed by atoms with Crippen molar-refractivity contribution in [3.05, 3.63) is 11.4 Å². The fourth-order valence-electron chi connectivity index (χ4n) is 1.07. The van der Waals surface area contributed by atoms with E-state index >= 15 is 0 Å². The van der Waals surface area contributed by atoms with Gasteiger partial charge in [0.05, 0.1) is 0 Å². The fourth-order valence-corrected chi connectivity index (χ4v) is 1.07. The summed E-state index contributed by atoms with van der Waals surface area (Å²) in [6, 6.07) is -0.127. The maximum Gasteiger partial charge on any atom is 0.299 e. The van der Waals surface area contributed by atoms with Crippen LogP contribution in [0.25, 0.3) is 4.85 Å². The quantitative estimate of drug-likeness (QED) is 0.513. The zero-order chi connectivity index (χ0) is 11.0. The van der Waals surface area contributed by atoms with E-state index in [9.17, 15) is 4.79 Å². The average Bonchev–Trinajstić information content (AvgIpc) is 2.16. The molecular weight excluding hydrogens is 180 g/mol. The lowest BCUT2D eigenvalue weighted by Gasteiger charge is -2.21. The Hall–Kier alpha value is -1.52. The Kier molecular flexibility index (Phi) is 6.19. The predicted octanol–water partition coefficient (Wildman–Crippen LogP) is 0.138. The fraction of sp³-hybridized carbons (Fsp3) is 0.600. The number of carbonyl (C=O) groups excluding carboxylic acids is 1. The van der Waals surface area contributed by atoms with Crippen molar-refractivity contribution in [2.24, 2.45) is 0 Å². The van der Waals surface area contributed by atoms with E-state index in [-0.39, 0.29) is 25.1 Å². The van der Waals surface area contributed by atoms with E-state index in [1.54, 1.807) is 6.92 Å². The van der Waals surface area contributed by atoms with Gasteiger partial charge >= 0.3 is 0 Å². The van der Waals surface area contributed by atoms with E-state index in [0.717, 1.165) is 0 Å². The molecule has 0 saturated heterocycles. The molecule has 4 heteroatoms. The lowest BCUT2D eigenvalue weighted by molar-refractivity contribution is -0.126. The van der Waals surface area contributed by atoms with Gasteiger partial charge < -0.3 is 14.9 Å². The van der Waals surface area contributed by atoms with E-state index in [1.807, 2.05) is 6.92 Å². The highest BCUT2D eigenvalue weighted by Crippen LogP contribution is 1.99. The smallest absolute Gasteiger partial charge is 0.299 e. The van der Waals surface area contributed by atoms with Gasteiger partial charge in [0, 0.05) is 6.54 Å². The maximum absolute atomic E-state index is 11.4. The second-order valence-electron chi connectivity index (χ2n) is 2.74. The van der Waals surface area contributed by atoms with Gasteiger partial charge in [0.1, 0.15) is 12.6 Å². The summed E-state index contributed by atoms with van der Waals surface area (Å²) in [6.07, 6.45) is 0. The lowest BCUT2D eigenvalue weighted by atomic mass is 10.2. The zero-order valence-electron chi connectivity index (χ0n) is 8.45. The number of hydrogen-bond donors (Lipinski definition) is 1. The molecule has 0 heterocycles. The van der Waals surface area contributed by atoms with Crippen LogP contribution in [0.3, 0.4) is 0 Å². The van der Waals surface area contributed by atoms with E-state index < -0.39 is 0 Å². The minimum atomic E-state index is -0.335. The first-order valence-corrected chi connectivity index (χ1v) is 4.40. The average molecular weight is 194 g/mol. The highest BCUT2D eigenvalue weighted by Gasteiger charge is 2.18. The van der Waals surface area contributed by atoms with Crippen LogP contribution in [-0.2, 0) is 4.79 Å². The van der Waals surface area contributed by atoms with Gasteiger partial charge in [-0.2, -0.15) is 0 Å². The Balaban J connectivity index is 4.41. The summed E-state index contributed by atoms with van der Waals surface area (Å²) in [5, 5.41) is 8.42. The number of likely N-dealkylation sites (N-methyl/N-ethyl adjacent to an activating group) is 1. The molecule has 4 nitrogen and oxygen atoms in total. The summed E-state index contributed by atoms with van der Waals surface area (Å²) < 4.78 is 0. The molecule has 0 fully saturated rings. The number of carbonyl (C=O) groups is 1. The first-order valence-electron chi connectivity index (χ1n) is 4.40. The zero-order valence-corrected chi connectivity index (χ0v) is 8.45. The van der Waals surface area contributed by atoms with Crippen molar-refractivity contribution in [2.75, 3.05) is 19.7 Å². The maximum atomic E-state index is 11.4. The van der Waals surface area contributed by atoms with Crippen molar-refractivity contribution >= 4 is 5.91 Å². The number of aliphatic hydroxyl groups is 1. The predicted molar refractivity (Wildman–Crippen MR) is 53.2 cm³/mol. The molecule has 0 unspecified atom stereocenters. The van der Waals surface area contributed by atoms with Crippen LogP contribution in [0, 0.1) is 18.4 Å². The van der Waals surface area contributed by atoms with Gasteiger partial charge in [-0.3, -0.25) is 4.79 Å². The molecular formula is C10H14N2O2. The topological polar surface area (TPSA) is 44.9 Å². The summed E-state index contributed by atoms with van der Waals surface area (Å²) in [7, 11) is 0. The van der Waals surface area contributed by atoms with Gasteiger partial charge in [-0.1, -0.05) is 5.92 Å². The number of hydrogen-bond acceptors (Lipinski definition) is 2. The summed E-state index contributed by atoms with van der Waals surface area (Å²) in [5.41, 5.74) is 0.